The fraction of sp³-hybridized carbons (Fsp3) is 0.538. The van der Waals surface area contributed by atoms with Gasteiger partial charge in [-0.2, -0.15) is 5.10 Å². The first-order valence-electron chi connectivity index (χ1n) is 6.21. The Bertz CT molecular complexity index is 491. The van der Waals surface area contributed by atoms with Crippen molar-refractivity contribution in [1.82, 2.24) is 9.78 Å². The number of rotatable bonds is 7. The highest BCUT2D eigenvalue weighted by Gasteiger charge is 2.14. The summed E-state index contributed by atoms with van der Waals surface area (Å²) in [5.74, 6) is -0.617. The first kappa shape index (κ1) is 15.1. The first-order chi connectivity index (χ1) is 8.95. The third-order valence-corrected chi connectivity index (χ3v) is 2.56. The van der Waals surface area contributed by atoms with Crippen molar-refractivity contribution in [1.29, 1.82) is 0 Å². The SMILES string of the molecule is CCOC(=O)CCCn1nc(C(C)=O)cc1C(C)=O. The number of hydrogen-bond acceptors (Lipinski definition) is 5. The zero-order chi connectivity index (χ0) is 14.4. The monoisotopic (exact) mass is 266 g/mol. The van der Waals surface area contributed by atoms with Crippen molar-refractivity contribution in [3.63, 3.8) is 0 Å². The highest BCUT2D eigenvalue weighted by atomic mass is 16.5. The molecule has 19 heavy (non-hydrogen) atoms. The van der Waals surface area contributed by atoms with Gasteiger partial charge in [0.2, 0.25) is 0 Å². The van der Waals surface area contributed by atoms with Gasteiger partial charge in [-0.05, 0) is 19.4 Å². The number of aromatic nitrogens is 2. The molecule has 0 unspecified atom stereocenters. The molecule has 1 heterocycles. The summed E-state index contributed by atoms with van der Waals surface area (Å²) in [5, 5.41) is 4.07. The molecule has 1 aromatic heterocycles. The molecule has 0 aliphatic rings. The van der Waals surface area contributed by atoms with E-state index in [4.69, 9.17) is 4.74 Å². The fourth-order valence-corrected chi connectivity index (χ4v) is 1.65. The summed E-state index contributed by atoms with van der Waals surface area (Å²) in [7, 11) is 0. The highest BCUT2D eigenvalue weighted by molar-refractivity contribution is 5.97. The van der Waals surface area contributed by atoms with Crippen LogP contribution in [0.2, 0.25) is 0 Å². The molecular formula is C13H18N2O4. The Kier molecular flexibility index (Phi) is 5.41. The van der Waals surface area contributed by atoms with Crippen LogP contribution in [-0.2, 0) is 16.1 Å². The molecule has 6 heteroatoms. The maximum absolute atomic E-state index is 11.4. The van der Waals surface area contributed by atoms with Gasteiger partial charge in [-0.3, -0.25) is 19.1 Å². The summed E-state index contributed by atoms with van der Waals surface area (Å²) in [6.45, 7) is 5.32. The van der Waals surface area contributed by atoms with E-state index in [-0.39, 0.29) is 29.7 Å². The van der Waals surface area contributed by atoms with E-state index < -0.39 is 0 Å². The largest absolute Gasteiger partial charge is 0.466 e. The molecule has 0 fully saturated rings. The van der Waals surface area contributed by atoms with Gasteiger partial charge in [-0.15, -0.1) is 0 Å². The Morgan fingerprint density at radius 2 is 1.95 bits per heavy atom. The smallest absolute Gasteiger partial charge is 0.305 e. The lowest BCUT2D eigenvalue weighted by Gasteiger charge is -2.05. The molecule has 0 spiro atoms. The molecule has 0 saturated heterocycles. The lowest BCUT2D eigenvalue weighted by molar-refractivity contribution is -0.143. The van der Waals surface area contributed by atoms with E-state index in [2.05, 4.69) is 5.10 Å². The van der Waals surface area contributed by atoms with Crippen LogP contribution in [0.15, 0.2) is 6.07 Å². The average Bonchev–Trinajstić information content (AvgIpc) is 2.74. The van der Waals surface area contributed by atoms with Crippen LogP contribution in [0.5, 0.6) is 0 Å². The van der Waals surface area contributed by atoms with Crippen molar-refractivity contribution in [2.45, 2.75) is 40.2 Å². The van der Waals surface area contributed by atoms with Crippen molar-refractivity contribution in [3.8, 4) is 0 Å². The second-order valence-electron chi connectivity index (χ2n) is 4.16. The van der Waals surface area contributed by atoms with Crippen molar-refractivity contribution in [3.05, 3.63) is 17.5 Å². The second-order valence-corrected chi connectivity index (χ2v) is 4.16. The minimum atomic E-state index is -0.272. The molecule has 0 aliphatic heterocycles. The predicted octanol–water partition coefficient (Wildman–Crippen LogP) is 1.63. The summed E-state index contributed by atoms with van der Waals surface area (Å²) >= 11 is 0. The zero-order valence-corrected chi connectivity index (χ0v) is 11.4. The quantitative estimate of drug-likeness (QED) is 0.553. The average molecular weight is 266 g/mol. The Labute approximate surface area is 111 Å². The number of ether oxygens (including phenoxy) is 1. The van der Waals surface area contributed by atoms with Gasteiger partial charge in [0, 0.05) is 26.8 Å². The van der Waals surface area contributed by atoms with Crippen LogP contribution >= 0.6 is 0 Å². The Morgan fingerprint density at radius 1 is 1.26 bits per heavy atom. The van der Waals surface area contributed by atoms with Crippen LogP contribution in [0, 0.1) is 0 Å². The van der Waals surface area contributed by atoms with Gasteiger partial charge in [0.25, 0.3) is 0 Å². The van der Waals surface area contributed by atoms with Gasteiger partial charge in [-0.25, -0.2) is 0 Å². The molecule has 1 aromatic rings. The first-order valence-corrected chi connectivity index (χ1v) is 6.21. The van der Waals surface area contributed by atoms with Crippen LogP contribution in [-0.4, -0.2) is 33.9 Å². The van der Waals surface area contributed by atoms with Crippen LogP contribution in [0.4, 0.5) is 0 Å². The van der Waals surface area contributed by atoms with E-state index in [1.165, 1.54) is 24.6 Å². The number of aryl methyl sites for hydroxylation is 1. The molecule has 0 saturated carbocycles. The van der Waals surface area contributed by atoms with E-state index in [0.29, 0.717) is 25.3 Å². The Morgan fingerprint density at radius 3 is 2.47 bits per heavy atom. The highest BCUT2D eigenvalue weighted by Crippen LogP contribution is 2.08. The summed E-state index contributed by atoms with van der Waals surface area (Å²) in [5.41, 5.74) is 0.649. The number of nitrogens with zero attached hydrogens (tertiary/aromatic N) is 2. The van der Waals surface area contributed by atoms with Crippen molar-refractivity contribution in [2.24, 2.45) is 0 Å². The van der Waals surface area contributed by atoms with Crippen LogP contribution in [0.3, 0.4) is 0 Å². The lowest BCUT2D eigenvalue weighted by Crippen LogP contribution is -2.11. The van der Waals surface area contributed by atoms with Crippen LogP contribution < -0.4 is 0 Å². The van der Waals surface area contributed by atoms with Crippen molar-refractivity contribution >= 4 is 17.5 Å². The summed E-state index contributed by atoms with van der Waals surface area (Å²) in [4.78, 5) is 33.9. The third kappa shape index (κ3) is 4.31. The maximum Gasteiger partial charge on any atom is 0.305 e. The molecule has 104 valence electrons. The van der Waals surface area contributed by atoms with Gasteiger partial charge in [-0.1, -0.05) is 0 Å². The van der Waals surface area contributed by atoms with E-state index >= 15 is 0 Å². The molecule has 0 bridgehead atoms. The topological polar surface area (TPSA) is 78.3 Å². The van der Waals surface area contributed by atoms with Gasteiger partial charge < -0.3 is 4.74 Å². The van der Waals surface area contributed by atoms with Crippen molar-refractivity contribution in [2.75, 3.05) is 6.61 Å². The standard InChI is InChI=1S/C13H18N2O4/c1-4-19-13(18)6-5-7-15-12(10(3)17)8-11(14-15)9(2)16/h8H,4-7H2,1-3H3. The Hall–Kier alpha value is -1.98. The van der Waals surface area contributed by atoms with Crippen LogP contribution in [0.1, 0.15) is 54.6 Å². The molecule has 6 nitrogen and oxygen atoms in total. The van der Waals surface area contributed by atoms with E-state index in [9.17, 15) is 14.4 Å². The fourth-order valence-electron chi connectivity index (χ4n) is 1.65. The van der Waals surface area contributed by atoms with Gasteiger partial charge in [0.05, 0.1) is 6.61 Å². The minimum Gasteiger partial charge on any atom is -0.466 e. The van der Waals surface area contributed by atoms with E-state index in [0.717, 1.165) is 0 Å². The molecule has 0 N–H and O–H groups in total. The minimum absolute atomic E-state index is 0.156. The molecule has 0 aliphatic carbocycles. The van der Waals surface area contributed by atoms with Gasteiger partial charge in [0.15, 0.2) is 11.6 Å². The lowest BCUT2D eigenvalue weighted by atomic mass is 10.2. The molecule has 1 rings (SSSR count). The number of Topliss-reactive ketones (excluding diaryl/α,β-unsaturated/α-hetero) is 2. The van der Waals surface area contributed by atoms with Gasteiger partial charge in [0.1, 0.15) is 11.4 Å². The second kappa shape index (κ2) is 6.82. The number of carbonyl (C=O) groups excluding carboxylic acids is 3. The van der Waals surface area contributed by atoms with E-state index in [1.807, 2.05) is 0 Å². The number of ketones is 2. The molecular weight excluding hydrogens is 248 g/mol. The molecule has 0 radical (unpaired) electrons. The number of hydrogen-bond donors (Lipinski definition) is 0. The number of carbonyl (C=O) groups is 3. The summed E-state index contributed by atoms with van der Waals surface area (Å²) in [6, 6.07) is 1.48. The molecule has 0 atom stereocenters. The number of esters is 1. The Balaban J connectivity index is 2.69. The normalized spacial score (nSPS) is 10.3. The van der Waals surface area contributed by atoms with E-state index in [1.54, 1.807) is 6.92 Å². The van der Waals surface area contributed by atoms with Crippen molar-refractivity contribution < 1.29 is 19.1 Å². The molecule has 0 amide bonds. The zero-order valence-electron chi connectivity index (χ0n) is 11.4. The summed E-state index contributed by atoms with van der Waals surface area (Å²) < 4.78 is 6.28. The predicted molar refractivity (Wildman–Crippen MR) is 68.1 cm³/mol. The maximum atomic E-state index is 11.4. The summed E-state index contributed by atoms with van der Waals surface area (Å²) in [6.07, 6.45) is 0.776. The van der Waals surface area contributed by atoms with Gasteiger partial charge >= 0.3 is 5.97 Å². The van der Waals surface area contributed by atoms with Crippen LogP contribution in [0.25, 0.3) is 0 Å². The molecule has 0 aromatic carbocycles. The third-order valence-electron chi connectivity index (χ3n) is 2.56.